The first kappa shape index (κ1) is 13.8. The molecule has 0 aromatic carbocycles. The predicted molar refractivity (Wildman–Crippen MR) is 63.9 cm³/mol. The average molecular weight is 243 g/mol. The summed E-state index contributed by atoms with van der Waals surface area (Å²) in [5, 5.41) is 14.1. The highest BCUT2D eigenvalue weighted by atomic mass is 16.4. The van der Waals surface area contributed by atoms with E-state index in [1.54, 1.807) is 0 Å². The maximum atomic E-state index is 11.4. The van der Waals surface area contributed by atoms with E-state index in [2.05, 4.69) is 15.5 Å². The van der Waals surface area contributed by atoms with Crippen LogP contribution in [-0.2, 0) is 4.79 Å². The van der Waals surface area contributed by atoms with Gasteiger partial charge in [-0.25, -0.2) is 4.79 Å². The second-order valence-electron chi connectivity index (χ2n) is 4.50. The molecular weight excluding hydrogens is 222 g/mol. The van der Waals surface area contributed by atoms with Crippen molar-refractivity contribution in [1.82, 2.24) is 15.5 Å². The Bertz CT molecular complexity index is 271. The van der Waals surface area contributed by atoms with E-state index in [1.165, 1.54) is 0 Å². The summed E-state index contributed by atoms with van der Waals surface area (Å²) in [6, 6.07) is 0.0830. The Morgan fingerprint density at radius 3 is 2.76 bits per heavy atom. The van der Waals surface area contributed by atoms with Crippen LogP contribution in [0.25, 0.3) is 0 Å². The number of rotatable bonds is 6. The van der Waals surface area contributed by atoms with Gasteiger partial charge < -0.3 is 20.6 Å². The van der Waals surface area contributed by atoms with Crippen LogP contribution in [0.4, 0.5) is 4.79 Å². The Morgan fingerprint density at radius 1 is 1.41 bits per heavy atom. The summed E-state index contributed by atoms with van der Waals surface area (Å²) < 4.78 is 0. The van der Waals surface area contributed by atoms with Crippen molar-refractivity contribution in [3.8, 4) is 0 Å². The fourth-order valence-electron chi connectivity index (χ4n) is 1.89. The zero-order chi connectivity index (χ0) is 12.7. The molecule has 1 aliphatic rings. The monoisotopic (exact) mass is 243 g/mol. The van der Waals surface area contributed by atoms with Crippen LogP contribution in [-0.4, -0.2) is 54.7 Å². The minimum atomic E-state index is -0.788. The Morgan fingerprint density at radius 2 is 2.18 bits per heavy atom. The number of carboxylic acids is 1. The topological polar surface area (TPSA) is 81.7 Å². The number of hydrogen-bond donors (Lipinski definition) is 3. The molecule has 1 heterocycles. The first-order valence-electron chi connectivity index (χ1n) is 6.02. The Kier molecular flexibility index (Phi) is 5.76. The first-order valence-corrected chi connectivity index (χ1v) is 6.02. The van der Waals surface area contributed by atoms with Crippen LogP contribution >= 0.6 is 0 Å². The van der Waals surface area contributed by atoms with Gasteiger partial charge in [0.1, 0.15) is 0 Å². The van der Waals surface area contributed by atoms with Gasteiger partial charge in [-0.3, -0.25) is 4.79 Å². The molecule has 98 valence electrons. The number of likely N-dealkylation sites (tertiary alicyclic amines) is 1. The highest BCUT2D eigenvalue weighted by molar-refractivity contribution is 5.74. The molecule has 0 saturated carbocycles. The second-order valence-corrected chi connectivity index (χ2v) is 4.50. The number of carboxylic acid groups (broad SMARTS) is 1. The van der Waals surface area contributed by atoms with Gasteiger partial charge in [-0.05, 0) is 32.9 Å². The smallest absolute Gasteiger partial charge is 0.315 e. The van der Waals surface area contributed by atoms with Crippen LogP contribution < -0.4 is 10.6 Å². The molecule has 1 saturated heterocycles. The van der Waals surface area contributed by atoms with E-state index < -0.39 is 5.97 Å². The van der Waals surface area contributed by atoms with E-state index in [1.807, 2.05) is 7.05 Å². The molecule has 17 heavy (non-hydrogen) atoms. The van der Waals surface area contributed by atoms with Crippen molar-refractivity contribution in [1.29, 1.82) is 0 Å². The summed E-state index contributed by atoms with van der Waals surface area (Å²) in [7, 11) is 2.03. The summed E-state index contributed by atoms with van der Waals surface area (Å²) >= 11 is 0. The molecule has 0 aromatic heterocycles. The van der Waals surface area contributed by atoms with E-state index in [4.69, 9.17) is 5.11 Å². The van der Waals surface area contributed by atoms with Crippen molar-refractivity contribution < 1.29 is 14.7 Å². The highest BCUT2D eigenvalue weighted by Crippen LogP contribution is 2.05. The lowest BCUT2D eigenvalue weighted by Crippen LogP contribution is -2.43. The molecule has 0 spiro atoms. The Hall–Kier alpha value is -1.30. The van der Waals surface area contributed by atoms with Crippen molar-refractivity contribution in [2.45, 2.75) is 31.7 Å². The van der Waals surface area contributed by atoms with E-state index >= 15 is 0 Å². The van der Waals surface area contributed by atoms with Crippen molar-refractivity contribution in [3.63, 3.8) is 0 Å². The third-order valence-electron chi connectivity index (χ3n) is 2.83. The van der Waals surface area contributed by atoms with Gasteiger partial charge >= 0.3 is 12.0 Å². The second kappa shape index (κ2) is 7.11. The fourth-order valence-corrected chi connectivity index (χ4v) is 1.89. The molecule has 3 N–H and O–H groups in total. The number of nitrogens with zero attached hydrogens (tertiary/aromatic N) is 1. The number of aliphatic carboxylic acids is 1. The number of nitrogens with one attached hydrogen (secondary N) is 2. The van der Waals surface area contributed by atoms with Crippen LogP contribution in [0.2, 0.25) is 0 Å². The van der Waals surface area contributed by atoms with Crippen molar-refractivity contribution in [2.24, 2.45) is 0 Å². The number of amides is 2. The molecule has 6 nitrogen and oxygen atoms in total. The lowest BCUT2D eigenvalue weighted by Gasteiger charge is -2.13. The SMILES string of the molecule is CN1CCC(NC(=O)NCCCCC(=O)O)C1. The molecule has 1 fully saturated rings. The van der Waals surface area contributed by atoms with Crippen molar-refractivity contribution >= 4 is 12.0 Å². The Labute approximate surface area is 101 Å². The highest BCUT2D eigenvalue weighted by Gasteiger charge is 2.20. The zero-order valence-corrected chi connectivity index (χ0v) is 10.2. The van der Waals surface area contributed by atoms with Crippen molar-refractivity contribution in [3.05, 3.63) is 0 Å². The average Bonchev–Trinajstić information content (AvgIpc) is 2.63. The largest absolute Gasteiger partial charge is 0.481 e. The van der Waals surface area contributed by atoms with Gasteiger partial charge in [0, 0.05) is 25.6 Å². The summed E-state index contributed by atoms with van der Waals surface area (Å²) in [5.41, 5.74) is 0. The molecule has 1 atom stereocenters. The third-order valence-corrected chi connectivity index (χ3v) is 2.83. The van der Waals surface area contributed by atoms with Gasteiger partial charge in [0.2, 0.25) is 0 Å². The summed E-state index contributed by atoms with van der Waals surface area (Å²) in [5.74, 6) is -0.788. The van der Waals surface area contributed by atoms with Gasteiger partial charge in [-0.1, -0.05) is 0 Å². The van der Waals surface area contributed by atoms with E-state index in [9.17, 15) is 9.59 Å². The number of urea groups is 1. The number of carbonyl (C=O) groups is 2. The molecule has 1 aliphatic heterocycles. The quantitative estimate of drug-likeness (QED) is 0.584. The number of likely N-dealkylation sites (N-methyl/N-ethyl adjacent to an activating group) is 1. The van der Waals surface area contributed by atoms with Gasteiger partial charge in [0.15, 0.2) is 0 Å². The molecule has 1 unspecified atom stereocenters. The molecular formula is C11H21N3O3. The van der Waals surface area contributed by atoms with E-state index in [0.717, 1.165) is 19.5 Å². The molecule has 2 amide bonds. The fraction of sp³-hybridized carbons (Fsp3) is 0.818. The number of hydrogen-bond acceptors (Lipinski definition) is 3. The van der Waals surface area contributed by atoms with Crippen LogP contribution in [0.5, 0.6) is 0 Å². The lowest BCUT2D eigenvalue weighted by atomic mass is 10.2. The van der Waals surface area contributed by atoms with E-state index in [0.29, 0.717) is 19.4 Å². The first-order chi connectivity index (χ1) is 8.08. The summed E-state index contributed by atoms with van der Waals surface area (Å²) in [6.45, 7) is 2.44. The minimum Gasteiger partial charge on any atom is -0.481 e. The Balaban J connectivity index is 1.99. The van der Waals surface area contributed by atoms with Crippen molar-refractivity contribution in [2.75, 3.05) is 26.7 Å². The molecule has 6 heteroatoms. The van der Waals surface area contributed by atoms with Gasteiger partial charge in [0.05, 0.1) is 0 Å². The summed E-state index contributed by atoms with van der Waals surface area (Å²) in [6.07, 6.45) is 2.45. The standard InChI is InChI=1S/C11H21N3O3/c1-14-7-5-9(8-14)13-11(17)12-6-3-2-4-10(15)16/h9H,2-8H2,1H3,(H,15,16)(H2,12,13,17). The van der Waals surface area contributed by atoms with Crippen LogP contribution in [0.1, 0.15) is 25.7 Å². The molecule has 1 rings (SSSR count). The molecule has 0 aromatic rings. The maximum Gasteiger partial charge on any atom is 0.315 e. The van der Waals surface area contributed by atoms with Gasteiger partial charge in [-0.2, -0.15) is 0 Å². The third kappa shape index (κ3) is 6.11. The zero-order valence-electron chi connectivity index (χ0n) is 10.2. The number of carbonyl (C=O) groups excluding carboxylic acids is 1. The summed E-state index contributed by atoms with van der Waals surface area (Å²) in [4.78, 5) is 23.9. The molecule has 0 aliphatic carbocycles. The predicted octanol–water partition coefficient (Wildman–Crippen LogP) is 0.245. The molecule has 0 bridgehead atoms. The minimum absolute atomic E-state index is 0.152. The van der Waals surface area contributed by atoms with E-state index in [-0.39, 0.29) is 18.5 Å². The number of unbranched alkanes of at least 4 members (excludes halogenated alkanes) is 1. The lowest BCUT2D eigenvalue weighted by molar-refractivity contribution is -0.137. The van der Waals surface area contributed by atoms with Crippen LogP contribution in [0.3, 0.4) is 0 Å². The van der Waals surface area contributed by atoms with Gasteiger partial charge in [-0.15, -0.1) is 0 Å². The van der Waals surface area contributed by atoms with Crippen LogP contribution in [0, 0.1) is 0 Å². The molecule has 0 radical (unpaired) electrons. The maximum absolute atomic E-state index is 11.4. The normalized spacial score (nSPS) is 20.2. The van der Waals surface area contributed by atoms with Gasteiger partial charge in [0.25, 0.3) is 0 Å². The van der Waals surface area contributed by atoms with Crippen LogP contribution in [0.15, 0.2) is 0 Å².